The number of aromatic nitrogens is 2. The Morgan fingerprint density at radius 2 is 2.16 bits per heavy atom. The molecule has 0 unspecified atom stereocenters. The van der Waals surface area contributed by atoms with Gasteiger partial charge in [-0.05, 0) is 17.7 Å². The first-order valence-corrected chi connectivity index (χ1v) is 5.91. The van der Waals surface area contributed by atoms with Crippen LogP contribution in [0.1, 0.15) is 19.4 Å². The normalized spacial score (nSPS) is 11.5. The van der Waals surface area contributed by atoms with Gasteiger partial charge in [0.15, 0.2) is 0 Å². The number of aromatic amines is 1. The number of nitrogens with zero attached hydrogens (tertiary/aromatic N) is 1. The zero-order chi connectivity index (χ0) is 14.0. The summed E-state index contributed by atoms with van der Waals surface area (Å²) in [6.07, 6.45) is 1.64. The van der Waals surface area contributed by atoms with Crippen molar-refractivity contribution in [1.82, 2.24) is 15.3 Å². The molecule has 2 amide bonds. The van der Waals surface area contributed by atoms with E-state index in [0.717, 1.165) is 16.6 Å². The molecule has 1 aromatic carbocycles. The van der Waals surface area contributed by atoms with E-state index in [1.54, 1.807) is 6.33 Å². The molecular weight excluding hydrogens is 244 g/mol. The lowest BCUT2D eigenvalue weighted by Crippen LogP contribution is -2.42. The summed E-state index contributed by atoms with van der Waals surface area (Å²) in [5.74, 6) is -1.74. The molecule has 0 aliphatic carbocycles. The average molecular weight is 260 g/mol. The highest BCUT2D eigenvalue weighted by atomic mass is 16.2. The molecule has 0 bridgehead atoms. The number of carbonyl (C=O) groups excluding carboxylic acids is 2. The van der Waals surface area contributed by atoms with Crippen LogP contribution >= 0.6 is 0 Å². The summed E-state index contributed by atoms with van der Waals surface area (Å²) in [4.78, 5) is 29.1. The lowest BCUT2D eigenvalue weighted by atomic mass is 9.84. The predicted molar refractivity (Wildman–Crippen MR) is 71.3 cm³/mol. The van der Waals surface area contributed by atoms with Gasteiger partial charge in [-0.1, -0.05) is 19.9 Å². The minimum Gasteiger partial charge on any atom is -0.361 e. The van der Waals surface area contributed by atoms with E-state index in [9.17, 15) is 9.59 Å². The number of imidazole rings is 1. The second kappa shape index (κ2) is 4.72. The molecule has 0 atom stereocenters. The Balaban J connectivity index is 2.18. The van der Waals surface area contributed by atoms with E-state index in [1.165, 1.54) is 0 Å². The molecule has 6 nitrogen and oxygen atoms in total. The number of hydrogen-bond donors (Lipinski definition) is 3. The molecule has 0 spiro atoms. The summed E-state index contributed by atoms with van der Waals surface area (Å²) in [7, 11) is 0. The molecule has 0 saturated carbocycles. The van der Waals surface area contributed by atoms with Gasteiger partial charge in [-0.25, -0.2) is 4.98 Å². The van der Waals surface area contributed by atoms with Gasteiger partial charge in [0.2, 0.25) is 0 Å². The van der Waals surface area contributed by atoms with E-state index < -0.39 is 11.8 Å². The second-order valence-corrected chi connectivity index (χ2v) is 5.07. The molecule has 0 saturated heterocycles. The predicted octanol–water partition coefficient (Wildman–Crippen LogP) is 0.442. The van der Waals surface area contributed by atoms with Gasteiger partial charge in [0, 0.05) is 12.0 Å². The quantitative estimate of drug-likeness (QED) is 0.698. The Morgan fingerprint density at radius 3 is 2.84 bits per heavy atom. The highest BCUT2D eigenvalue weighted by molar-refractivity contribution is 6.34. The van der Waals surface area contributed by atoms with Crippen LogP contribution < -0.4 is 11.1 Å². The molecule has 0 aliphatic rings. The number of H-pyrrole nitrogens is 1. The number of primary amides is 1. The van der Waals surface area contributed by atoms with Crippen LogP contribution in [0, 0.1) is 0 Å². The van der Waals surface area contributed by atoms with E-state index >= 15 is 0 Å². The first-order chi connectivity index (χ1) is 8.90. The molecule has 4 N–H and O–H groups in total. The monoisotopic (exact) mass is 260 g/mol. The van der Waals surface area contributed by atoms with Crippen LogP contribution in [0.3, 0.4) is 0 Å². The molecule has 100 valence electrons. The van der Waals surface area contributed by atoms with Gasteiger partial charge in [0.25, 0.3) is 0 Å². The van der Waals surface area contributed by atoms with Crippen LogP contribution in [0.4, 0.5) is 0 Å². The van der Waals surface area contributed by atoms with E-state index in [4.69, 9.17) is 5.73 Å². The number of rotatable bonds is 3. The van der Waals surface area contributed by atoms with E-state index in [-0.39, 0.29) is 5.41 Å². The summed E-state index contributed by atoms with van der Waals surface area (Å²) < 4.78 is 0. The van der Waals surface area contributed by atoms with Gasteiger partial charge in [-0.2, -0.15) is 0 Å². The van der Waals surface area contributed by atoms with Crippen molar-refractivity contribution >= 4 is 22.8 Å². The van der Waals surface area contributed by atoms with Crippen molar-refractivity contribution in [2.24, 2.45) is 5.73 Å². The highest BCUT2D eigenvalue weighted by Crippen LogP contribution is 2.24. The molecule has 19 heavy (non-hydrogen) atoms. The topological polar surface area (TPSA) is 101 Å². The Morgan fingerprint density at radius 1 is 1.42 bits per heavy atom. The molecule has 2 rings (SSSR count). The Kier molecular flexibility index (Phi) is 3.25. The van der Waals surface area contributed by atoms with Gasteiger partial charge in [0.05, 0.1) is 17.4 Å². The number of amides is 2. The fourth-order valence-electron chi connectivity index (χ4n) is 1.85. The van der Waals surface area contributed by atoms with E-state index in [2.05, 4.69) is 15.3 Å². The van der Waals surface area contributed by atoms with Crippen LogP contribution in [0.2, 0.25) is 0 Å². The maximum atomic E-state index is 11.2. The number of hydrogen-bond acceptors (Lipinski definition) is 3. The third-order valence-electron chi connectivity index (χ3n) is 3.12. The van der Waals surface area contributed by atoms with Crippen LogP contribution in [0.5, 0.6) is 0 Å². The molecule has 1 aromatic heterocycles. The molecule has 2 aromatic rings. The maximum absolute atomic E-state index is 11.2. The first-order valence-electron chi connectivity index (χ1n) is 5.91. The molecule has 6 heteroatoms. The smallest absolute Gasteiger partial charge is 0.309 e. The van der Waals surface area contributed by atoms with Crippen molar-refractivity contribution in [2.45, 2.75) is 19.3 Å². The third kappa shape index (κ3) is 2.73. The minimum absolute atomic E-state index is 0.315. The van der Waals surface area contributed by atoms with Gasteiger partial charge in [-0.15, -0.1) is 0 Å². The van der Waals surface area contributed by atoms with Crippen LogP contribution in [0.15, 0.2) is 24.5 Å². The summed E-state index contributed by atoms with van der Waals surface area (Å²) in [6, 6.07) is 5.86. The number of nitrogens with two attached hydrogens (primary N) is 1. The van der Waals surface area contributed by atoms with E-state index in [1.807, 2.05) is 32.0 Å². The molecule has 0 aliphatic heterocycles. The largest absolute Gasteiger partial charge is 0.361 e. The lowest BCUT2D eigenvalue weighted by Gasteiger charge is -2.25. The zero-order valence-electron chi connectivity index (χ0n) is 10.9. The van der Waals surface area contributed by atoms with Crippen molar-refractivity contribution in [3.8, 4) is 0 Å². The van der Waals surface area contributed by atoms with Crippen LogP contribution in [0.25, 0.3) is 11.0 Å². The van der Waals surface area contributed by atoms with E-state index in [0.29, 0.717) is 6.54 Å². The van der Waals surface area contributed by atoms with Crippen molar-refractivity contribution in [3.05, 3.63) is 30.1 Å². The fraction of sp³-hybridized carbons (Fsp3) is 0.308. The second-order valence-electron chi connectivity index (χ2n) is 5.07. The van der Waals surface area contributed by atoms with Crippen molar-refractivity contribution in [3.63, 3.8) is 0 Å². The summed E-state index contributed by atoms with van der Waals surface area (Å²) in [5, 5.41) is 2.52. The number of benzene rings is 1. The molecular formula is C13H16N4O2. The van der Waals surface area contributed by atoms with Crippen LogP contribution in [-0.2, 0) is 15.0 Å². The average Bonchev–Trinajstić information content (AvgIpc) is 2.82. The van der Waals surface area contributed by atoms with Crippen LogP contribution in [-0.4, -0.2) is 28.3 Å². The number of carbonyl (C=O) groups is 2. The highest BCUT2D eigenvalue weighted by Gasteiger charge is 2.23. The Labute approximate surface area is 110 Å². The molecule has 1 heterocycles. The van der Waals surface area contributed by atoms with Gasteiger partial charge in [0.1, 0.15) is 0 Å². The van der Waals surface area contributed by atoms with Gasteiger partial charge >= 0.3 is 11.8 Å². The SMILES string of the molecule is CC(C)(CNC(=O)C(N)=O)c1ccc2nc[nH]c2c1. The standard InChI is InChI=1S/C13H16N4O2/c1-13(2,6-15-12(19)11(14)18)8-3-4-9-10(5-8)17-7-16-9/h3-5,7H,6H2,1-2H3,(H2,14,18)(H,15,19)(H,16,17). The van der Waals surface area contributed by atoms with Crippen molar-refractivity contribution < 1.29 is 9.59 Å². The lowest BCUT2D eigenvalue weighted by molar-refractivity contribution is -0.137. The summed E-state index contributed by atoms with van der Waals surface area (Å²) in [5.41, 5.74) is 7.45. The summed E-state index contributed by atoms with van der Waals surface area (Å²) in [6.45, 7) is 4.28. The van der Waals surface area contributed by atoms with Crippen molar-refractivity contribution in [2.75, 3.05) is 6.54 Å². The number of fused-ring (bicyclic) bond motifs is 1. The maximum Gasteiger partial charge on any atom is 0.309 e. The molecule has 0 radical (unpaired) electrons. The fourth-order valence-corrected chi connectivity index (χ4v) is 1.85. The zero-order valence-corrected chi connectivity index (χ0v) is 10.9. The third-order valence-corrected chi connectivity index (χ3v) is 3.12. The Bertz CT molecular complexity index is 630. The minimum atomic E-state index is -0.972. The van der Waals surface area contributed by atoms with Gasteiger partial charge in [-0.3, -0.25) is 9.59 Å². The van der Waals surface area contributed by atoms with Gasteiger partial charge < -0.3 is 16.0 Å². The first kappa shape index (κ1) is 13.1. The Hall–Kier alpha value is -2.37. The number of nitrogens with one attached hydrogen (secondary N) is 2. The molecule has 0 fully saturated rings. The van der Waals surface area contributed by atoms with Crippen molar-refractivity contribution in [1.29, 1.82) is 0 Å². The summed E-state index contributed by atoms with van der Waals surface area (Å²) >= 11 is 0.